The predicted octanol–water partition coefficient (Wildman–Crippen LogP) is -0.508. The molecule has 1 aliphatic heterocycles. The maximum atomic E-state index is 12.8. The number of nitrogens with one attached hydrogen (secondary N) is 2. The van der Waals surface area contributed by atoms with E-state index in [0.717, 1.165) is 47.9 Å². The number of sulfonamides is 1. The molecule has 1 heterocycles. The van der Waals surface area contributed by atoms with E-state index in [1.165, 1.54) is 11.9 Å². The molecule has 0 aromatic heterocycles. The van der Waals surface area contributed by atoms with Crippen molar-refractivity contribution in [3.8, 4) is 0 Å². The Morgan fingerprint density at radius 3 is 2.59 bits per heavy atom. The van der Waals surface area contributed by atoms with E-state index in [1.54, 1.807) is 18.2 Å². The molecule has 0 spiro atoms. The van der Waals surface area contributed by atoms with Gasteiger partial charge in [0.1, 0.15) is 13.1 Å². The number of hydrogen-bond acceptors (Lipinski definition) is 4. The molecule has 2 aromatic rings. The molecule has 0 aliphatic carbocycles. The van der Waals surface area contributed by atoms with Gasteiger partial charge >= 0.3 is 0 Å². The molecule has 0 radical (unpaired) electrons. The minimum Gasteiger partial charge on any atom is -0.370 e. The van der Waals surface area contributed by atoms with Gasteiger partial charge in [-0.2, -0.15) is 4.31 Å². The van der Waals surface area contributed by atoms with Crippen LogP contribution in [0.2, 0.25) is 0 Å². The van der Waals surface area contributed by atoms with Gasteiger partial charge < -0.3 is 15.0 Å². The number of carbonyl (C=O) groups excluding carboxylic acids is 1. The first-order valence-corrected chi connectivity index (χ1v) is 10.5. The minimum atomic E-state index is -3.72. The highest BCUT2D eigenvalue weighted by Crippen LogP contribution is 2.21. The molecule has 2 N–H and O–H groups in total. The third-order valence-electron chi connectivity index (χ3n) is 4.80. The highest BCUT2D eigenvalue weighted by molar-refractivity contribution is 7.89. The van der Waals surface area contributed by atoms with Crippen LogP contribution in [-0.4, -0.2) is 71.6 Å². The van der Waals surface area contributed by atoms with Gasteiger partial charge in [-0.15, -0.1) is 0 Å². The third kappa shape index (κ3) is 5.04. The molecule has 0 unspecified atom stereocenters. The largest absolute Gasteiger partial charge is 0.370 e. The smallest absolute Gasteiger partial charge is 0.243 e. The zero-order chi connectivity index (χ0) is 19.3. The predicted molar refractivity (Wildman–Crippen MR) is 103 cm³/mol. The summed E-state index contributed by atoms with van der Waals surface area (Å²) in [6, 6.07) is 12.6. The molecule has 146 valence electrons. The van der Waals surface area contributed by atoms with E-state index in [1.807, 2.05) is 24.3 Å². The first kappa shape index (κ1) is 19.8. The van der Waals surface area contributed by atoms with Crippen molar-refractivity contribution in [2.75, 3.05) is 53.0 Å². The van der Waals surface area contributed by atoms with Gasteiger partial charge in [0.05, 0.1) is 37.7 Å². The topological polar surface area (TPSA) is 80.2 Å². The van der Waals surface area contributed by atoms with Crippen molar-refractivity contribution in [2.45, 2.75) is 4.90 Å². The Kier molecular flexibility index (Phi) is 6.43. The second kappa shape index (κ2) is 8.79. The van der Waals surface area contributed by atoms with Crippen LogP contribution < -0.4 is 10.2 Å². The summed E-state index contributed by atoms with van der Waals surface area (Å²) in [4.78, 5) is 13.7. The number of morpholine rings is 1. The van der Waals surface area contributed by atoms with Crippen LogP contribution in [0.3, 0.4) is 0 Å². The maximum absolute atomic E-state index is 12.8. The van der Waals surface area contributed by atoms with Crippen LogP contribution >= 0.6 is 0 Å². The molecule has 1 fully saturated rings. The normalized spacial score (nSPS) is 15.9. The molecule has 2 aromatic carbocycles. The Morgan fingerprint density at radius 1 is 1.15 bits per heavy atom. The molecule has 1 amide bonds. The fraction of sp³-hybridized carbons (Fsp3) is 0.421. The van der Waals surface area contributed by atoms with Gasteiger partial charge in [0.2, 0.25) is 15.9 Å². The summed E-state index contributed by atoms with van der Waals surface area (Å²) >= 11 is 0. The summed E-state index contributed by atoms with van der Waals surface area (Å²) in [6.45, 7) is 4.51. The van der Waals surface area contributed by atoms with Crippen molar-refractivity contribution in [3.05, 3.63) is 42.5 Å². The lowest BCUT2D eigenvalue weighted by atomic mass is 10.1. The van der Waals surface area contributed by atoms with E-state index >= 15 is 0 Å². The zero-order valence-electron chi connectivity index (χ0n) is 15.5. The fourth-order valence-electron chi connectivity index (χ4n) is 3.14. The summed E-state index contributed by atoms with van der Waals surface area (Å²) in [7, 11) is -2.29. The number of hydrogen-bond donors (Lipinski definition) is 2. The molecule has 0 atom stereocenters. The molecule has 3 rings (SSSR count). The van der Waals surface area contributed by atoms with Crippen LogP contribution in [0.25, 0.3) is 10.8 Å². The van der Waals surface area contributed by atoms with Crippen molar-refractivity contribution >= 4 is 26.7 Å². The Balaban J connectivity index is 1.56. The Bertz CT molecular complexity index is 895. The highest BCUT2D eigenvalue weighted by Gasteiger charge is 2.23. The molecule has 1 saturated heterocycles. The van der Waals surface area contributed by atoms with Crippen molar-refractivity contribution in [1.29, 1.82) is 0 Å². The lowest BCUT2D eigenvalue weighted by Crippen LogP contribution is -3.14. The van der Waals surface area contributed by atoms with Gasteiger partial charge in [-0.3, -0.25) is 4.79 Å². The van der Waals surface area contributed by atoms with Gasteiger partial charge in [0.25, 0.3) is 0 Å². The van der Waals surface area contributed by atoms with E-state index < -0.39 is 10.0 Å². The van der Waals surface area contributed by atoms with Crippen LogP contribution in [0.1, 0.15) is 0 Å². The number of nitrogens with zero attached hydrogens (tertiary/aromatic N) is 1. The van der Waals surface area contributed by atoms with E-state index in [0.29, 0.717) is 6.54 Å². The van der Waals surface area contributed by atoms with Crippen molar-refractivity contribution in [3.63, 3.8) is 0 Å². The van der Waals surface area contributed by atoms with Gasteiger partial charge in [0.15, 0.2) is 0 Å². The first-order chi connectivity index (χ1) is 13.0. The van der Waals surface area contributed by atoms with Crippen molar-refractivity contribution < 1.29 is 22.8 Å². The van der Waals surface area contributed by atoms with E-state index in [9.17, 15) is 13.2 Å². The summed E-state index contributed by atoms with van der Waals surface area (Å²) < 4.78 is 31.9. The SMILES string of the molecule is CN(CC(=O)NCC[NH+]1CCOCC1)S(=O)(=O)c1ccc2ccccc2c1. The number of benzene rings is 2. The first-order valence-electron chi connectivity index (χ1n) is 9.10. The lowest BCUT2D eigenvalue weighted by Gasteiger charge is -2.24. The van der Waals surface area contributed by atoms with Crippen LogP contribution in [0.15, 0.2) is 47.4 Å². The van der Waals surface area contributed by atoms with E-state index in [-0.39, 0.29) is 17.3 Å². The maximum Gasteiger partial charge on any atom is 0.243 e. The third-order valence-corrected chi connectivity index (χ3v) is 6.60. The molecular formula is C19H26N3O4S+. The number of ether oxygens (including phenoxy) is 1. The number of fused-ring (bicyclic) bond motifs is 1. The zero-order valence-corrected chi connectivity index (χ0v) is 16.3. The molecule has 7 nitrogen and oxygen atoms in total. The second-order valence-corrected chi connectivity index (χ2v) is 8.78. The molecule has 1 aliphatic rings. The van der Waals surface area contributed by atoms with Crippen LogP contribution in [0.5, 0.6) is 0 Å². The van der Waals surface area contributed by atoms with Crippen molar-refractivity contribution in [1.82, 2.24) is 9.62 Å². The average molecular weight is 393 g/mol. The van der Waals surface area contributed by atoms with Crippen molar-refractivity contribution in [2.24, 2.45) is 0 Å². The summed E-state index contributed by atoms with van der Waals surface area (Å²) in [6.07, 6.45) is 0. The quantitative estimate of drug-likeness (QED) is 0.665. The summed E-state index contributed by atoms with van der Waals surface area (Å²) in [5, 5.41) is 4.63. The lowest BCUT2D eigenvalue weighted by molar-refractivity contribution is -0.906. The van der Waals surface area contributed by atoms with E-state index in [2.05, 4.69) is 5.32 Å². The second-order valence-electron chi connectivity index (χ2n) is 6.73. The van der Waals surface area contributed by atoms with Gasteiger partial charge in [0, 0.05) is 7.05 Å². The molecule has 8 heteroatoms. The van der Waals surface area contributed by atoms with Gasteiger partial charge in [-0.25, -0.2) is 8.42 Å². The number of likely N-dealkylation sites (N-methyl/N-ethyl adjacent to an activating group) is 1. The summed E-state index contributed by atoms with van der Waals surface area (Å²) in [5.74, 6) is -0.297. The molecule has 0 bridgehead atoms. The Morgan fingerprint density at radius 2 is 1.85 bits per heavy atom. The number of rotatable bonds is 7. The Hall–Kier alpha value is -2.00. The fourth-order valence-corrected chi connectivity index (χ4v) is 4.30. The number of quaternary nitrogens is 1. The van der Waals surface area contributed by atoms with Gasteiger partial charge in [-0.1, -0.05) is 30.3 Å². The molecule has 27 heavy (non-hydrogen) atoms. The van der Waals surface area contributed by atoms with Crippen LogP contribution in [0.4, 0.5) is 0 Å². The van der Waals surface area contributed by atoms with E-state index in [4.69, 9.17) is 4.74 Å². The number of carbonyl (C=O) groups is 1. The van der Waals surface area contributed by atoms with Crippen LogP contribution in [-0.2, 0) is 19.6 Å². The molecular weight excluding hydrogens is 366 g/mol. The highest BCUT2D eigenvalue weighted by atomic mass is 32.2. The Labute approximate surface area is 159 Å². The van der Waals surface area contributed by atoms with Gasteiger partial charge in [-0.05, 0) is 22.9 Å². The average Bonchev–Trinajstić information content (AvgIpc) is 2.68. The monoisotopic (exact) mass is 392 g/mol. The summed E-state index contributed by atoms with van der Waals surface area (Å²) in [5.41, 5.74) is 0. The standard InChI is InChI=1S/C19H25N3O4S/c1-21(15-19(23)20-8-9-22-10-12-26-13-11-22)27(24,25)18-7-6-16-4-2-3-5-17(16)14-18/h2-7,14H,8-13,15H2,1H3,(H,20,23)/p+1. The van der Waals surface area contributed by atoms with Crippen LogP contribution in [0, 0.1) is 0 Å². The number of amides is 1. The molecule has 0 saturated carbocycles. The minimum absolute atomic E-state index is 0.189.